The molecule has 1 amide bonds. The molecule has 0 spiro atoms. The molecule has 3 atom stereocenters. The van der Waals surface area contributed by atoms with Gasteiger partial charge in [-0.2, -0.15) is 0 Å². The number of rotatable bonds is 1. The molecule has 4 heteroatoms. The first-order chi connectivity index (χ1) is 8.68. The Morgan fingerprint density at radius 2 is 2.11 bits per heavy atom. The van der Waals surface area contributed by atoms with Crippen molar-refractivity contribution in [2.75, 3.05) is 4.90 Å². The first-order valence-electron chi connectivity index (χ1n) is 6.45. The Hall–Kier alpha value is -1.55. The van der Waals surface area contributed by atoms with Crippen molar-refractivity contribution in [1.82, 2.24) is 0 Å². The highest BCUT2D eigenvalue weighted by Crippen LogP contribution is 2.38. The molecule has 1 unspecified atom stereocenters. The van der Waals surface area contributed by atoms with Gasteiger partial charge in [0.05, 0.1) is 17.8 Å². The summed E-state index contributed by atoms with van der Waals surface area (Å²) in [7, 11) is 0. The van der Waals surface area contributed by atoms with Crippen LogP contribution in [0.25, 0.3) is 0 Å². The van der Waals surface area contributed by atoms with E-state index in [1.807, 2.05) is 24.3 Å². The number of amides is 1. The molecule has 1 heterocycles. The monoisotopic (exact) mass is 247 g/mol. The van der Waals surface area contributed by atoms with Crippen LogP contribution in [0.2, 0.25) is 0 Å². The van der Waals surface area contributed by atoms with Gasteiger partial charge in [0.15, 0.2) is 6.10 Å². The number of fused-ring (bicyclic) bond motifs is 1. The zero-order valence-electron chi connectivity index (χ0n) is 10.4. The van der Waals surface area contributed by atoms with Crippen molar-refractivity contribution in [1.29, 1.82) is 0 Å². The van der Waals surface area contributed by atoms with Crippen molar-refractivity contribution in [2.24, 2.45) is 0 Å². The molecule has 0 bridgehead atoms. The van der Waals surface area contributed by atoms with Crippen LogP contribution in [0.1, 0.15) is 26.2 Å². The molecule has 1 aromatic rings. The lowest BCUT2D eigenvalue weighted by atomic mass is 10.1. The van der Waals surface area contributed by atoms with E-state index in [0.29, 0.717) is 0 Å². The van der Waals surface area contributed by atoms with E-state index >= 15 is 0 Å². The van der Waals surface area contributed by atoms with Gasteiger partial charge in [0.2, 0.25) is 0 Å². The van der Waals surface area contributed by atoms with Crippen LogP contribution >= 0.6 is 0 Å². The Kier molecular flexibility index (Phi) is 2.74. The number of benzene rings is 1. The maximum atomic E-state index is 12.3. The van der Waals surface area contributed by atoms with Crippen LogP contribution in [0.15, 0.2) is 24.3 Å². The van der Waals surface area contributed by atoms with E-state index in [1.165, 1.54) is 0 Å². The predicted molar refractivity (Wildman–Crippen MR) is 67.7 cm³/mol. The zero-order chi connectivity index (χ0) is 12.7. The number of nitrogens with zero attached hydrogens (tertiary/aromatic N) is 1. The molecule has 4 nitrogen and oxygen atoms in total. The standard InChI is InChI=1S/C14H17NO3/c1-9-14(17)15(10-6-4-7-12(10)16)11-5-2-3-8-13(11)18-9/h2-3,5,8-10,12,16H,4,6-7H2,1H3/t9?,10-,12-/m0/s1. The molecule has 1 aromatic carbocycles. The van der Waals surface area contributed by atoms with Gasteiger partial charge in [-0.3, -0.25) is 4.79 Å². The van der Waals surface area contributed by atoms with Gasteiger partial charge in [-0.05, 0) is 38.3 Å². The fourth-order valence-corrected chi connectivity index (χ4v) is 2.88. The van der Waals surface area contributed by atoms with Crippen molar-refractivity contribution in [2.45, 2.75) is 44.4 Å². The minimum Gasteiger partial charge on any atom is -0.479 e. The lowest BCUT2D eigenvalue weighted by molar-refractivity contribution is -0.126. The van der Waals surface area contributed by atoms with Crippen molar-refractivity contribution >= 4 is 11.6 Å². The van der Waals surface area contributed by atoms with Gasteiger partial charge >= 0.3 is 0 Å². The van der Waals surface area contributed by atoms with Gasteiger partial charge in [-0.1, -0.05) is 12.1 Å². The second-order valence-electron chi connectivity index (χ2n) is 5.00. The average Bonchev–Trinajstić information content (AvgIpc) is 2.77. The third kappa shape index (κ3) is 1.68. The number of carbonyl (C=O) groups is 1. The molecule has 0 saturated heterocycles. The van der Waals surface area contributed by atoms with E-state index in [0.717, 1.165) is 30.7 Å². The van der Waals surface area contributed by atoms with Crippen molar-refractivity contribution in [3.8, 4) is 5.75 Å². The summed E-state index contributed by atoms with van der Waals surface area (Å²) in [5.41, 5.74) is 0.784. The van der Waals surface area contributed by atoms with Gasteiger partial charge in [0.1, 0.15) is 5.75 Å². The Balaban J connectivity index is 2.03. The Morgan fingerprint density at radius 1 is 1.33 bits per heavy atom. The first-order valence-corrected chi connectivity index (χ1v) is 6.45. The summed E-state index contributed by atoms with van der Waals surface area (Å²) >= 11 is 0. The van der Waals surface area contributed by atoms with Gasteiger partial charge < -0.3 is 14.7 Å². The molecule has 1 N–H and O–H groups in total. The van der Waals surface area contributed by atoms with Gasteiger partial charge in [0, 0.05) is 0 Å². The number of carbonyl (C=O) groups excluding carboxylic acids is 1. The minimum absolute atomic E-state index is 0.0559. The molecule has 1 fully saturated rings. The lowest BCUT2D eigenvalue weighted by Crippen LogP contribution is -2.52. The molecular formula is C14H17NO3. The Labute approximate surface area is 106 Å². The fourth-order valence-electron chi connectivity index (χ4n) is 2.88. The first kappa shape index (κ1) is 11.5. The highest BCUT2D eigenvalue weighted by atomic mass is 16.5. The third-order valence-corrected chi connectivity index (χ3v) is 3.79. The van der Waals surface area contributed by atoms with E-state index < -0.39 is 12.2 Å². The van der Waals surface area contributed by atoms with Crippen LogP contribution in [-0.4, -0.2) is 29.3 Å². The number of anilines is 1. The summed E-state index contributed by atoms with van der Waals surface area (Å²) in [5.74, 6) is 0.670. The van der Waals surface area contributed by atoms with E-state index in [2.05, 4.69) is 0 Å². The lowest BCUT2D eigenvalue weighted by Gasteiger charge is -2.38. The van der Waals surface area contributed by atoms with Crippen LogP contribution < -0.4 is 9.64 Å². The highest BCUT2D eigenvalue weighted by Gasteiger charge is 2.40. The molecule has 1 aliphatic carbocycles. The molecule has 1 saturated carbocycles. The SMILES string of the molecule is CC1Oc2ccccc2N([C@H]2CCC[C@@H]2O)C1=O. The number of hydrogen-bond donors (Lipinski definition) is 1. The molecule has 96 valence electrons. The maximum Gasteiger partial charge on any atom is 0.268 e. The summed E-state index contributed by atoms with van der Waals surface area (Å²) in [6, 6.07) is 7.42. The molecule has 3 rings (SSSR count). The van der Waals surface area contributed by atoms with Gasteiger partial charge in [-0.15, -0.1) is 0 Å². The smallest absolute Gasteiger partial charge is 0.268 e. The zero-order valence-corrected chi connectivity index (χ0v) is 10.4. The van der Waals surface area contributed by atoms with Crippen LogP contribution in [0, 0.1) is 0 Å². The molecule has 0 radical (unpaired) electrons. The summed E-state index contributed by atoms with van der Waals surface area (Å²) in [4.78, 5) is 14.0. The molecular weight excluding hydrogens is 230 g/mol. The number of ether oxygens (including phenoxy) is 1. The fraction of sp³-hybridized carbons (Fsp3) is 0.500. The topological polar surface area (TPSA) is 49.8 Å². The molecule has 0 aromatic heterocycles. The van der Waals surface area contributed by atoms with Crippen LogP contribution in [-0.2, 0) is 4.79 Å². The van der Waals surface area contributed by atoms with Gasteiger partial charge in [-0.25, -0.2) is 0 Å². The Bertz CT molecular complexity index is 474. The number of para-hydroxylation sites is 2. The van der Waals surface area contributed by atoms with Crippen LogP contribution in [0.4, 0.5) is 5.69 Å². The summed E-state index contributed by atoms with van der Waals surface area (Å²) < 4.78 is 5.60. The predicted octanol–water partition coefficient (Wildman–Crippen LogP) is 1.71. The van der Waals surface area contributed by atoms with Gasteiger partial charge in [0.25, 0.3) is 5.91 Å². The highest BCUT2D eigenvalue weighted by molar-refractivity contribution is 6.00. The quantitative estimate of drug-likeness (QED) is 0.822. The molecule has 18 heavy (non-hydrogen) atoms. The second-order valence-corrected chi connectivity index (χ2v) is 5.00. The summed E-state index contributed by atoms with van der Waals surface area (Å²) in [5, 5.41) is 10.0. The normalized spacial score (nSPS) is 31.1. The van der Waals surface area contributed by atoms with E-state index in [1.54, 1.807) is 11.8 Å². The molecule has 1 aliphatic heterocycles. The van der Waals surface area contributed by atoms with Crippen LogP contribution in [0.3, 0.4) is 0 Å². The van der Waals surface area contributed by atoms with E-state index in [4.69, 9.17) is 4.74 Å². The van der Waals surface area contributed by atoms with Crippen LogP contribution in [0.5, 0.6) is 5.75 Å². The van der Waals surface area contributed by atoms with Crippen molar-refractivity contribution < 1.29 is 14.6 Å². The van der Waals surface area contributed by atoms with E-state index in [9.17, 15) is 9.90 Å². The van der Waals surface area contributed by atoms with Crippen molar-refractivity contribution in [3.05, 3.63) is 24.3 Å². The Morgan fingerprint density at radius 3 is 2.83 bits per heavy atom. The maximum absolute atomic E-state index is 12.3. The average molecular weight is 247 g/mol. The minimum atomic E-state index is -0.479. The third-order valence-electron chi connectivity index (χ3n) is 3.79. The van der Waals surface area contributed by atoms with Crippen molar-refractivity contribution in [3.63, 3.8) is 0 Å². The molecule has 2 aliphatic rings. The summed E-state index contributed by atoms with van der Waals surface area (Å²) in [6.45, 7) is 1.76. The largest absolute Gasteiger partial charge is 0.479 e. The van der Waals surface area contributed by atoms with E-state index in [-0.39, 0.29) is 11.9 Å². The second kappa shape index (κ2) is 4.28. The number of aliphatic hydroxyl groups is 1. The number of hydrogen-bond acceptors (Lipinski definition) is 3. The number of aliphatic hydroxyl groups excluding tert-OH is 1. The summed E-state index contributed by atoms with van der Waals surface area (Å²) in [6.07, 6.45) is 1.69.